The van der Waals surface area contributed by atoms with Gasteiger partial charge in [0.2, 0.25) is 5.91 Å². The van der Waals surface area contributed by atoms with E-state index in [0.717, 1.165) is 11.1 Å². The molecule has 2 aromatic rings. The van der Waals surface area contributed by atoms with E-state index in [-0.39, 0.29) is 24.5 Å². The minimum atomic E-state index is -0.699. The summed E-state index contributed by atoms with van der Waals surface area (Å²) in [6, 6.07) is 15.7. The summed E-state index contributed by atoms with van der Waals surface area (Å²) in [6.07, 6.45) is -0.622. The Morgan fingerprint density at radius 1 is 1.00 bits per heavy atom. The third kappa shape index (κ3) is 6.61. The topological polar surface area (TPSA) is 67.4 Å². The number of hydrogen-bond acceptors (Lipinski definition) is 3. The van der Waals surface area contributed by atoms with Crippen LogP contribution in [0.5, 0.6) is 0 Å². The average Bonchev–Trinajstić information content (AvgIpc) is 2.64. The van der Waals surface area contributed by atoms with Crippen LogP contribution in [-0.2, 0) is 16.1 Å². The average molecular weight is 389 g/mol. The molecule has 0 heterocycles. The second-order valence-corrected chi connectivity index (χ2v) is 7.15. The molecule has 0 fully saturated rings. The van der Waals surface area contributed by atoms with Crippen LogP contribution in [0, 0.1) is 5.92 Å². The van der Waals surface area contributed by atoms with Crippen LogP contribution in [0.3, 0.4) is 0 Å². The van der Waals surface area contributed by atoms with E-state index in [1.165, 1.54) is 0 Å². The summed E-state index contributed by atoms with van der Waals surface area (Å²) in [4.78, 5) is 24.8. The number of benzene rings is 2. The third-order valence-corrected chi connectivity index (χ3v) is 4.38. The van der Waals surface area contributed by atoms with E-state index in [4.69, 9.17) is 16.3 Å². The van der Waals surface area contributed by atoms with Crippen molar-refractivity contribution >= 4 is 23.6 Å². The van der Waals surface area contributed by atoms with Gasteiger partial charge >= 0.3 is 6.09 Å². The number of carbonyl (C=O) groups is 2. The zero-order chi connectivity index (χ0) is 19.8. The molecular formula is C21H25ClN2O3. The minimum Gasteiger partial charge on any atom is -0.445 e. The van der Waals surface area contributed by atoms with Crippen LogP contribution in [0.15, 0.2) is 54.6 Å². The Kier molecular flexibility index (Phi) is 7.67. The Morgan fingerprint density at radius 3 is 2.33 bits per heavy atom. The number of ether oxygens (including phenoxy) is 1. The van der Waals surface area contributed by atoms with Gasteiger partial charge in [-0.3, -0.25) is 4.79 Å². The lowest BCUT2D eigenvalue weighted by Crippen LogP contribution is -2.50. The van der Waals surface area contributed by atoms with E-state index in [0.29, 0.717) is 5.02 Å². The summed E-state index contributed by atoms with van der Waals surface area (Å²) >= 11 is 6.01. The van der Waals surface area contributed by atoms with Crippen molar-refractivity contribution in [1.82, 2.24) is 10.6 Å². The maximum atomic E-state index is 12.6. The van der Waals surface area contributed by atoms with Gasteiger partial charge in [-0.2, -0.15) is 0 Å². The molecule has 0 saturated carbocycles. The summed E-state index contributed by atoms with van der Waals surface area (Å²) in [6.45, 7) is 5.75. The first kappa shape index (κ1) is 20.8. The van der Waals surface area contributed by atoms with E-state index in [1.807, 2.05) is 63.2 Å². The summed E-state index contributed by atoms with van der Waals surface area (Å²) < 4.78 is 5.22. The number of nitrogens with one attached hydrogen (secondary N) is 2. The number of carbonyl (C=O) groups excluding carboxylic acids is 2. The van der Waals surface area contributed by atoms with Gasteiger partial charge in [0, 0.05) is 5.02 Å². The van der Waals surface area contributed by atoms with Crippen molar-refractivity contribution in [3.63, 3.8) is 0 Å². The van der Waals surface area contributed by atoms with Crippen LogP contribution in [-0.4, -0.2) is 18.0 Å². The standard InChI is InChI=1S/C21H25ClN2O3/c1-14(2)19(24-21(26)27-13-16-8-5-4-6-9-16)20(25)23-15(3)17-10-7-11-18(22)12-17/h4-12,14-15,19H,13H2,1-3H3,(H,23,25)(H,24,26). The third-order valence-electron chi connectivity index (χ3n) is 4.14. The van der Waals surface area contributed by atoms with Crippen molar-refractivity contribution in [2.75, 3.05) is 0 Å². The van der Waals surface area contributed by atoms with E-state index >= 15 is 0 Å². The smallest absolute Gasteiger partial charge is 0.408 e. The van der Waals surface area contributed by atoms with Gasteiger partial charge in [-0.25, -0.2) is 4.79 Å². The summed E-state index contributed by atoms with van der Waals surface area (Å²) in [7, 11) is 0. The molecule has 2 atom stereocenters. The van der Waals surface area contributed by atoms with Crippen molar-refractivity contribution in [2.45, 2.75) is 39.5 Å². The number of halogens is 1. The number of hydrogen-bond donors (Lipinski definition) is 2. The summed E-state index contributed by atoms with van der Waals surface area (Å²) in [5, 5.41) is 6.18. The fourth-order valence-corrected chi connectivity index (χ4v) is 2.79. The maximum Gasteiger partial charge on any atom is 0.408 e. The molecule has 0 aliphatic heterocycles. The number of rotatable bonds is 7. The highest BCUT2D eigenvalue weighted by Gasteiger charge is 2.26. The van der Waals surface area contributed by atoms with Gasteiger partial charge in [-0.05, 0) is 36.1 Å². The zero-order valence-electron chi connectivity index (χ0n) is 15.7. The van der Waals surface area contributed by atoms with Crippen LogP contribution in [0.25, 0.3) is 0 Å². The Hall–Kier alpha value is -2.53. The van der Waals surface area contributed by atoms with Gasteiger partial charge in [0.05, 0.1) is 6.04 Å². The van der Waals surface area contributed by atoms with Crippen LogP contribution < -0.4 is 10.6 Å². The predicted octanol–water partition coefficient (Wildman–Crippen LogP) is 4.47. The SMILES string of the molecule is CC(NC(=O)C(NC(=O)OCc1ccccc1)C(C)C)c1cccc(Cl)c1. The molecule has 2 N–H and O–H groups in total. The van der Waals surface area contributed by atoms with Crippen LogP contribution in [0.2, 0.25) is 5.02 Å². The summed E-state index contributed by atoms with van der Waals surface area (Å²) in [5.74, 6) is -0.366. The lowest BCUT2D eigenvalue weighted by atomic mass is 10.0. The first-order valence-corrected chi connectivity index (χ1v) is 9.27. The molecule has 0 spiro atoms. The molecule has 6 heteroatoms. The molecule has 2 unspecified atom stereocenters. The molecule has 2 aromatic carbocycles. The Bertz CT molecular complexity index is 765. The number of alkyl carbamates (subject to hydrolysis) is 1. The van der Waals surface area contributed by atoms with Crippen molar-refractivity contribution in [3.05, 3.63) is 70.7 Å². The molecule has 144 valence electrons. The van der Waals surface area contributed by atoms with Gasteiger partial charge in [0.25, 0.3) is 0 Å². The molecule has 27 heavy (non-hydrogen) atoms. The monoisotopic (exact) mass is 388 g/mol. The highest BCUT2D eigenvalue weighted by Crippen LogP contribution is 2.18. The molecule has 0 aliphatic rings. The summed E-state index contributed by atoms with van der Waals surface area (Å²) in [5.41, 5.74) is 1.78. The first-order chi connectivity index (χ1) is 12.9. The highest BCUT2D eigenvalue weighted by molar-refractivity contribution is 6.30. The Labute approximate surface area is 165 Å². The number of amides is 2. The van der Waals surface area contributed by atoms with Crippen LogP contribution in [0.1, 0.15) is 37.9 Å². The molecule has 0 aromatic heterocycles. The van der Waals surface area contributed by atoms with E-state index in [2.05, 4.69) is 10.6 Å². The minimum absolute atomic E-state index is 0.0964. The molecule has 2 amide bonds. The maximum absolute atomic E-state index is 12.6. The van der Waals surface area contributed by atoms with Gasteiger partial charge in [0.1, 0.15) is 12.6 Å². The fraction of sp³-hybridized carbons (Fsp3) is 0.333. The highest BCUT2D eigenvalue weighted by atomic mass is 35.5. The largest absolute Gasteiger partial charge is 0.445 e. The second-order valence-electron chi connectivity index (χ2n) is 6.71. The van der Waals surface area contributed by atoms with Gasteiger partial charge in [-0.15, -0.1) is 0 Å². The molecule has 0 saturated heterocycles. The lowest BCUT2D eigenvalue weighted by molar-refractivity contribution is -0.124. The van der Waals surface area contributed by atoms with Crippen molar-refractivity contribution < 1.29 is 14.3 Å². The molecule has 5 nitrogen and oxygen atoms in total. The predicted molar refractivity (Wildman–Crippen MR) is 106 cm³/mol. The normalized spacial score (nSPS) is 12.9. The Morgan fingerprint density at radius 2 is 1.70 bits per heavy atom. The van der Waals surface area contributed by atoms with E-state index in [1.54, 1.807) is 12.1 Å². The molecule has 0 bridgehead atoms. The van der Waals surface area contributed by atoms with Crippen LogP contribution in [0.4, 0.5) is 4.79 Å². The molecular weight excluding hydrogens is 364 g/mol. The molecule has 0 radical (unpaired) electrons. The van der Waals surface area contributed by atoms with Gasteiger partial charge in [0.15, 0.2) is 0 Å². The van der Waals surface area contributed by atoms with Gasteiger partial charge < -0.3 is 15.4 Å². The van der Waals surface area contributed by atoms with E-state index in [9.17, 15) is 9.59 Å². The van der Waals surface area contributed by atoms with Crippen molar-refractivity contribution in [2.24, 2.45) is 5.92 Å². The Balaban J connectivity index is 1.92. The van der Waals surface area contributed by atoms with Gasteiger partial charge in [-0.1, -0.05) is 67.9 Å². The zero-order valence-corrected chi connectivity index (χ0v) is 16.5. The van der Waals surface area contributed by atoms with E-state index < -0.39 is 12.1 Å². The van der Waals surface area contributed by atoms with Crippen LogP contribution >= 0.6 is 11.6 Å². The quantitative estimate of drug-likeness (QED) is 0.735. The van der Waals surface area contributed by atoms with Crippen molar-refractivity contribution in [3.8, 4) is 0 Å². The molecule has 0 aliphatic carbocycles. The molecule has 2 rings (SSSR count). The van der Waals surface area contributed by atoms with Crippen molar-refractivity contribution in [1.29, 1.82) is 0 Å². The fourth-order valence-electron chi connectivity index (χ4n) is 2.59. The lowest BCUT2D eigenvalue weighted by Gasteiger charge is -2.24. The second kappa shape index (κ2) is 9.97. The first-order valence-electron chi connectivity index (χ1n) is 8.90.